The molecule has 0 saturated heterocycles. The number of allylic oxidation sites excluding steroid dienone is 2. The summed E-state index contributed by atoms with van der Waals surface area (Å²) in [7, 11) is 0. The monoisotopic (exact) mass is 491 g/mol. The summed E-state index contributed by atoms with van der Waals surface area (Å²) >= 11 is 1.57. The van der Waals surface area contributed by atoms with E-state index in [-0.39, 0.29) is 18.1 Å². The van der Waals surface area contributed by atoms with Gasteiger partial charge in [0.15, 0.2) is 6.29 Å². The SMILES string of the molecule is C/C1=C/C[C@@H](/C(C)=C/c2csc(C)n2)OC(O)CC(O)C(C)(C)C(=O)[C@H](C)[C@@H](O)[C@@H](C)/C=C/C1. The molecule has 1 aromatic rings. The number of ketones is 1. The summed E-state index contributed by atoms with van der Waals surface area (Å²) in [6, 6.07) is 0. The maximum atomic E-state index is 13.2. The molecular weight excluding hydrogens is 450 g/mol. The van der Waals surface area contributed by atoms with E-state index in [2.05, 4.69) is 11.1 Å². The van der Waals surface area contributed by atoms with Gasteiger partial charge in [-0.3, -0.25) is 4.79 Å². The first kappa shape index (κ1) is 28.6. The van der Waals surface area contributed by atoms with Gasteiger partial charge in [-0.05, 0) is 45.3 Å². The second-order valence-electron chi connectivity index (χ2n) is 10.2. The lowest BCUT2D eigenvalue weighted by molar-refractivity contribution is -0.160. The van der Waals surface area contributed by atoms with Crippen LogP contribution >= 0.6 is 11.3 Å². The van der Waals surface area contributed by atoms with Crippen LogP contribution in [0.3, 0.4) is 0 Å². The molecule has 6 nitrogen and oxygen atoms in total. The van der Waals surface area contributed by atoms with Crippen LogP contribution in [0.15, 0.2) is 34.8 Å². The molecule has 0 amide bonds. The molecule has 7 heteroatoms. The average Bonchev–Trinajstić information content (AvgIpc) is 3.18. The molecule has 2 heterocycles. The van der Waals surface area contributed by atoms with Gasteiger partial charge in [-0.2, -0.15) is 0 Å². The van der Waals surface area contributed by atoms with Crippen molar-refractivity contribution in [2.75, 3.05) is 0 Å². The molecule has 190 valence electrons. The third-order valence-electron chi connectivity index (χ3n) is 6.76. The summed E-state index contributed by atoms with van der Waals surface area (Å²) in [5.74, 6) is -1.11. The van der Waals surface area contributed by atoms with Gasteiger partial charge in [0.2, 0.25) is 0 Å². The van der Waals surface area contributed by atoms with E-state index in [4.69, 9.17) is 4.74 Å². The lowest BCUT2D eigenvalue weighted by Gasteiger charge is -2.35. The fourth-order valence-corrected chi connectivity index (χ4v) is 4.76. The summed E-state index contributed by atoms with van der Waals surface area (Å²) in [5.41, 5.74) is 1.75. The fourth-order valence-electron chi connectivity index (χ4n) is 4.19. The lowest BCUT2D eigenvalue weighted by Crippen LogP contribution is -2.46. The minimum atomic E-state index is -1.26. The largest absolute Gasteiger partial charge is 0.392 e. The predicted octanol–water partition coefficient (Wildman–Crippen LogP) is 4.83. The van der Waals surface area contributed by atoms with Gasteiger partial charge >= 0.3 is 0 Å². The standard InChI is InChI=1S/C27H41NO5S/c1-16-9-8-10-17(2)25(31)19(4)26(32)27(6,7)23(29)14-24(30)33-22(12-11-16)18(3)13-21-15-34-20(5)28-21/h8,10-11,13,15,17,19,22-25,29-31H,9,12,14H2,1-7H3/b10-8+,16-11-,18-13+/t17-,19+,22-,23?,24?,25-/m0/s1. The van der Waals surface area contributed by atoms with Gasteiger partial charge in [-0.1, -0.05) is 51.5 Å². The molecule has 0 bridgehead atoms. The number of nitrogens with zero attached hydrogens (tertiary/aromatic N) is 1. The molecule has 0 aliphatic carbocycles. The normalized spacial score (nSPS) is 34.9. The highest BCUT2D eigenvalue weighted by Gasteiger charge is 2.42. The molecule has 6 atom stereocenters. The minimum Gasteiger partial charge on any atom is -0.392 e. The van der Waals surface area contributed by atoms with Crippen molar-refractivity contribution >= 4 is 23.2 Å². The highest BCUT2D eigenvalue weighted by molar-refractivity contribution is 7.09. The number of aromatic nitrogens is 1. The Morgan fingerprint density at radius 1 is 1.24 bits per heavy atom. The third-order valence-corrected chi connectivity index (χ3v) is 7.55. The predicted molar refractivity (Wildman–Crippen MR) is 137 cm³/mol. The van der Waals surface area contributed by atoms with Crippen LogP contribution in [-0.4, -0.2) is 50.7 Å². The molecule has 0 saturated carbocycles. The Morgan fingerprint density at radius 2 is 1.91 bits per heavy atom. The lowest BCUT2D eigenvalue weighted by atomic mass is 9.73. The first-order chi connectivity index (χ1) is 15.8. The Hall–Kier alpha value is -1.64. The van der Waals surface area contributed by atoms with Gasteiger partial charge in [0.05, 0.1) is 29.0 Å². The number of aliphatic hydroxyl groups excluding tert-OH is 3. The number of Topliss-reactive ketones (excluding diaryl/α,β-unsaturated/α-hetero) is 1. The zero-order valence-corrected chi connectivity index (χ0v) is 22.3. The highest BCUT2D eigenvalue weighted by atomic mass is 32.1. The van der Waals surface area contributed by atoms with E-state index >= 15 is 0 Å². The molecule has 0 aromatic carbocycles. The molecule has 0 fully saturated rings. The van der Waals surface area contributed by atoms with Crippen LogP contribution < -0.4 is 0 Å². The molecule has 0 radical (unpaired) electrons. The van der Waals surface area contributed by atoms with Gasteiger partial charge in [-0.25, -0.2) is 4.98 Å². The number of aryl methyl sites for hydroxylation is 1. The fraction of sp³-hybridized carbons (Fsp3) is 0.630. The third kappa shape index (κ3) is 7.68. The summed E-state index contributed by atoms with van der Waals surface area (Å²) in [6.07, 6.45) is 5.49. The van der Waals surface area contributed by atoms with E-state index in [0.717, 1.165) is 21.8 Å². The number of hydrogen-bond donors (Lipinski definition) is 3. The molecule has 3 N–H and O–H groups in total. The van der Waals surface area contributed by atoms with E-state index in [0.29, 0.717) is 12.8 Å². The molecule has 0 spiro atoms. The van der Waals surface area contributed by atoms with E-state index in [9.17, 15) is 20.1 Å². The van der Waals surface area contributed by atoms with Crippen molar-refractivity contribution in [1.29, 1.82) is 0 Å². The van der Waals surface area contributed by atoms with E-state index < -0.39 is 35.9 Å². The van der Waals surface area contributed by atoms with Gasteiger partial charge in [-0.15, -0.1) is 11.3 Å². The van der Waals surface area contributed by atoms with Crippen LogP contribution in [0.2, 0.25) is 0 Å². The maximum absolute atomic E-state index is 13.2. The number of carbonyl (C=O) groups excluding carboxylic acids is 1. The molecule has 1 aliphatic rings. The number of carbonyl (C=O) groups is 1. The number of aliphatic hydroxyl groups is 3. The van der Waals surface area contributed by atoms with E-state index in [1.54, 1.807) is 32.1 Å². The zero-order chi connectivity index (χ0) is 25.6. The van der Waals surface area contributed by atoms with Crippen molar-refractivity contribution in [2.24, 2.45) is 17.3 Å². The Labute approximate surface area is 208 Å². The van der Waals surface area contributed by atoms with Crippen molar-refractivity contribution in [1.82, 2.24) is 4.98 Å². The number of hydrogen-bond acceptors (Lipinski definition) is 7. The van der Waals surface area contributed by atoms with E-state index in [1.807, 2.05) is 51.3 Å². The molecule has 1 aromatic heterocycles. The summed E-state index contributed by atoms with van der Waals surface area (Å²) in [6.45, 7) is 12.8. The zero-order valence-electron chi connectivity index (χ0n) is 21.5. The van der Waals surface area contributed by atoms with Crippen LogP contribution in [-0.2, 0) is 9.53 Å². The highest BCUT2D eigenvalue weighted by Crippen LogP contribution is 2.32. The molecule has 2 rings (SSSR count). The second-order valence-corrected chi connectivity index (χ2v) is 11.2. The van der Waals surface area contributed by atoms with Crippen LogP contribution in [0.1, 0.15) is 71.5 Å². The van der Waals surface area contributed by atoms with Crippen LogP contribution in [0.4, 0.5) is 0 Å². The van der Waals surface area contributed by atoms with E-state index in [1.165, 1.54) is 0 Å². The van der Waals surface area contributed by atoms with Crippen molar-refractivity contribution in [3.05, 3.63) is 45.5 Å². The van der Waals surface area contributed by atoms with Crippen LogP contribution in [0.25, 0.3) is 6.08 Å². The molecular formula is C27H41NO5S. The Balaban J connectivity index is 2.36. The Kier molecular flexibility index (Phi) is 10.4. The van der Waals surface area contributed by atoms with Crippen LogP contribution in [0, 0.1) is 24.2 Å². The smallest absolute Gasteiger partial charge is 0.157 e. The van der Waals surface area contributed by atoms with Gasteiger partial charge in [0.25, 0.3) is 0 Å². The number of thiazole rings is 1. The van der Waals surface area contributed by atoms with Crippen molar-refractivity contribution in [3.63, 3.8) is 0 Å². The minimum absolute atomic E-state index is 0.112. The van der Waals surface area contributed by atoms with Crippen LogP contribution in [0.5, 0.6) is 0 Å². The van der Waals surface area contributed by atoms with Crippen molar-refractivity contribution in [2.45, 2.75) is 92.3 Å². The summed E-state index contributed by atoms with van der Waals surface area (Å²) in [5, 5.41) is 35.3. The van der Waals surface area contributed by atoms with Crippen molar-refractivity contribution in [3.8, 4) is 0 Å². The Morgan fingerprint density at radius 3 is 2.53 bits per heavy atom. The average molecular weight is 492 g/mol. The maximum Gasteiger partial charge on any atom is 0.157 e. The van der Waals surface area contributed by atoms with Gasteiger partial charge in [0, 0.05) is 29.1 Å². The van der Waals surface area contributed by atoms with Gasteiger partial charge < -0.3 is 20.1 Å². The first-order valence-corrected chi connectivity index (χ1v) is 12.9. The topological polar surface area (TPSA) is 99.9 Å². The summed E-state index contributed by atoms with van der Waals surface area (Å²) in [4.78, 5) is 17.7. The summed E-state index contributed by atoms with van der Waals surface area (Å²) < 4.78 is 5.98. The number of rotatable bonds is 2. The molecule has 34 heavy (non-hydrogen) atoms. The molecule has 1 aliphatic heterocycles. The molecule has 2 unspecified atom stereocenters. The van der Waals surface area contributed by atoms with Gasteiger partial charge in [0.1, 0.15) is 5.78 Å². The quantitative estimate of drug-likeness (QED) is 0.512. The first-order valence-electron chi connectivity index (χ1n) is 12.0. The number of ether oxygens (including phenoxy) is 1. The second kappa shape index (κ2) is 12.4. The Bertz CT molecular complexity index is 916. The van der Waals surface area contributed by atoms with Crippen molar-refractivity contribution < 1.29 is 24.9 Å².